The molecule has 0 bridgehead atoms. The minimum Gasteiger partial charge on any atom is -0.481 e. The molecular weight excluding hydrogens is 340 g/mol. The van der Waals surface area contributed by atoms with E-state index >= 15 is 0 Å². The summed E-state index contributed by atoms with van der Waals surface area (Å²) in [5.41, 5.74) is 5.13. The van der Waals surface area contributed by atoms with Gasteiger partial charge in [-0.05, 0) is 83.5 Å². The Labute approximate surface area is 163 Å². The largest absolute Gasteiger partial charge is 0.481 e. The molecule has 1 N–H and O–H groups in total. The van der Waals surface area contributed by atoms with Gasteiger partial charge in [0.1, 0.15) is 11.7 Å². The summed E-state index contributed by atoms with van der Waals surface area (Å²) in [5, 5.41) is 9.12. The molecule has 1 heterocycles. The second-order valence-electron chi connectivity index (χ2n) is 9.73. The molecular formula is C23H36O4. The third kappa shape index (κ3) is 4.83. The zero-order valence-electron chi connectivity index (χ0n) is 17.5. The van der Waals surface area contributed by atoms with Gasteiger partial charge >= 0.3 is 5.97 Å². The van der Waals surface area contributed by atoms with Crippen LogP contribution in [-0.4, -0.2) is 22.8 Å². The molecule has 3 atom stereocenters. The monoisotopic (exact) mass is 376 g/mol. The summed E-state index contributed by atoms with van der Waals surface area (Å²) in [6, 6.07) is 0. The van der Waals surface area contributed by atoms with Crippen molar-refractivity contribution in [2.45, 2.75) is 104 Å². The SMILES string of the molecule is C[C@H](C(=O)O)[C@@H]1CC[C@](C)(CC/C=C2/CCC3=C(CCCC3(C)C)C2)OO1. The molecule has 3 aliphatic rings. The summed E-state index contributed by atoms with van der Waals surface area (Å²) in [6.45, 7) is 8.59. The molecule has 1 saturated heterocycles. The Hall–Kier alpha value is -1.13. The molecule has 0 aromatic heterocycles. The number of hydrogen-bond acceptors (Lipinski definition) is 3. The lowest BCUT2D eigenvalue weighted by atomic mass is 9.67. The first kappa shape index (κ1) is 20.6. The van der Waals surface area contributed by atoms with Gasteiger partial charge in [0.25, 0.3) is 0 Å². The predicted octanol–water partition coefficient (Wildman–Crippen LogP) is 5.97. The highest BCUT2D eigenvalue weighted by molar-refractivity contribution is 5.70. The van der Waals surface area contributed by atoms with Gasteiger partial charge < -0.3 is 5.11 Å². The second kappa shape index (κ2) is 8.08. The van der Waals surface area contributed by atoms with Gasteiger partial charge in [-0.15, -0.1) is 0 Å². The zero-order chi connectivity index (χ0) is 19.7. The third-order valence-corrected chi connectivity index (χ3v) is 7.04. The molecule has 1 fully saturated rings. The van der Waals surface area contributed by atoms with Crippen molar-refractivity contribution in [3.63, 3.8) is 0 Å². The highest BCUT2D eigenvalue weighted by Crippen LogP contribution is 2.47. The minimum atomic E-state index is -0.825. The van der Waals surface area contributed by atoms with Crippen molar-refractivity contribution >= 4 is 5.97 Å². The lowest BCUT2D eigenvalue weighted by molar-refractivity contribution is -0.411. The Morgan fingerprint density at radius 2 is 2.04 bits per heavy atom. The number of rotatable bonds is 5. The maximum absolute atomic E-state index is 11.1. The number of hydrogen-bond donors (Lipinski definition) is 1. The molecule has 27 heavy (non-hydrogen) atoms. The quantitative estimate of drug-likeness (QED) is 0.474. The molecule has 3 rings (SSSR count). The molecule has 1 aliphatic heterocycles. The van der Waals surface area contributed by atoms with Crippen LogP contribution in [0.4, 0.5) is 0 Å². The Bertz CT molecular complexity index is 620. The van der Waals surface area contributed by atoms with Crippen LogP contribution in [0.15, 0.2) is 22.8 Å². The van der Waals surface area contributed by atoms with E-state index in [1.807, 2.05) is 0 Å². The van der Waals surface area contributed by atoms with Gasteiger partial charge in [0.15, 0.2) is 0 Å². The van der Waals surface area contributed by atoms with E-state index in [0.717, 1.165) is 25.7 Å². The molecule has 0 unspecified atom stereocenters. The average Bonchev–Trinajstić information content (AvgIpc) is 2.61. The molecule has 0 amide bonds. The fraction of sp³-hybridized carbons (Fsp3) is 0.783. The van der Waals surface area contributed by atoms with Crippen LogP contribution in [0.25, 0.3) is 0 Å². The van der Waals surface area contributed by atoms with Gasteiger partial charge in [-0.25, -0.2) is 9.78 Å². The van der Waals surface area contributed by atoms with Crippen LogP contribution in [0.3, 0.4) is 0 Å². The zero-order valence-corrected chi connectivity index (χ0v) is 17.5. The molecule has 0 spiro atoms. The highest BCUT2D eigenvalue weighted by atomic mass is 17.2. The lowest BCUT2D eigenvalue weighted by Gasteiger charge is -2.39. The van der Waals surface area contributed by atoms with Crippen LogP contribution in [0, 0.1) is 11.3 Å². The maximum Gasteiger partial charge on any atom is 0.308 e. The third-order valence-electron chi connectivity index (χ3n) is 7.04. The molecule has 2 aliphatic carbocycles. The minimum absolute atomic E-state index is 0.308. The van der Waals surface area contributed by atoms with Crippen LogP contribution in [0.2, 0.25) is 0 Å². The standard InChI is InChI=1S/C23H36O4/c1-16(21(24)25)20-11-14-23(4,27-26-20)13-5-7-17-9-10-19-18(15-17)8-6-12-22(19,2)3/h7,16,20H,5-6,8-15H2,1-4H3,(H,24,25)/b17-7-/t16-,20-,23-/m0/s1. The number of allylic oxidation sites excluding steroid dienone is 4. The van der Waals surface area contributed by atoms with Crippen LogP contribution >= 0.6 is 0 Å². The van der Waals surface area contributed by atoms with E-state index < -0.39 is 11.9 Å². The Kier molecular flexibility index (Phi) is 6.17. The van der Waals surface area contributed by atoms with Gasteiger partial charge in [-0.1, -0.05) is 36.6 Å². The second-order valence-corrected chi connectivity index (χ2v) is 9.73. The lowest BCUT2D eigenvalue weighted by Crippen LogP contribution is -2.41. The van der Waals surface area contributed by atoms with Crippen molar-refractivity contribution in [1.29, 1.82) is 0 Å². The van der Waals surface area contributed by atoms with E-state index in [-0.39, 0.29) is 11.7 Å². The summed E-state index contributed by atoms with van der Waals surface area (Å²) >= 11 is 0. The van der Waals surface area contributed by atoms with Gasteiger partial charge in [0.2, 0.25) is 0 Å². The summed E-state index contributed by atoms with van der Waals surface area (Å²) in [7, 11) is 0. The summed E-state index contributed by atoms with van der Waals surface area (Å²) in [6.07, 6.45) is 13.2. The molecule has 4 nitrogen and oxygen atoms in total. The Morgan fingerprint density at radius 3 is 2.70 bits per heavy atom. The number of carboxylic acids is 1. The van der Waals surface area contributed by atoms with Crippen molar-refractivity contribution in [3.8, 4) is 0 Å². The van der Waals surface area contributed by atoms with E-state index in [1.165, 1.54) is 38.5 Å². The maximum atomic E-state index is 11.1. The van der Waals surface area contributed by atoms with E-state index in [1.54, 1.807) is 23.6 Å². The van der Waals surface area contributed by atoms with Crippen LogP contribution < -0.4 is 0 Å². The molecule has 0 saturated carbocycles. The average molecular weight is 377 g/mol. The first-order valence-electron chi connectivity index (χ1n) is 10.7. The van der Waals surface area contributed by atoms with Crippen LogP contribution in [-0.2, 0) is 14.6 Å². The molecule has 0 aromatic carbocycles. The fourth-order valence-corrected chi connectivity index (χ4v) is 5.01. The highest BCUT2D eigenvalue weighted by Gasteiger charge is 2.37. The van der Waals surface area contributed by atoms with Crippen LogP contribution in [0.1, 0.15) is 91.9 Å². The van der Waals surface area contributed by atoms with Crippen molar-refractivity contribution in [2.24, 2.45) is 11.3 Å². The van der Waals surface area contributed by atoms with Crippen molar-refractivity contribution < 1.29 is 19.7 Å². The molecule has 0 aromatic rings. The summed E-state index contributed by atoms with van der Waals surface area (Å²) in [4.78, 5) is 22.2. The smallest absolute Gasteiger partial charge is 0.308 e. The molecule has 4 heteroatoms. The van der Waals surface area contributed by atoms with E-state index in [4.69, 9.17) is 14.9 Å². The number of aliphatic carboxylic acids is 1. The predicted molar refractivity (Wildman–Crippen MR) is 106 cm³/mol. The Balaban J connectivity index is 1.50. The first-order chi connectivity index (χ1) is 12.7. The van der Waals surface area contributed by atoms with Gasteiger partial charge in [-0.3, -0.25) is 4.79 Å². The number of carboxylic acid groups (broad SMARTS) is 1. The van der Waals surface area contributed by atoms with Crippen molar-refractivity contribution in [3.05, 3.63) is 22.8 Å². The van der Waals surface area contributed by atoms with Crippen molar-refractivity contribution in [1.82, 2.24) is 0 Å². The van der Waals surface area contributed by atoms with Gasteiger partial charge in [-0.2, -0.15) is 0 Å². The Morgan fingerprint density at radius 1 is 1.26 bits per heavy atom. The first-order valence-corrected chi connectivity index (χ1v) is 10.7. The van der Waals surface area contributed by atoms with E-state index in [0.29, 0.717) is 5.41 Å². The van der Waals surface area contributed by atoms with E-state index in [9.17, 15) is 4.79 Å². The summed E-state index contributed by atoms with van der Waals surface area (Å²) in [5.74, 6) is -1.35. The topological polar surface area (TPSA) is 55.8 Å². The molecule has 152 valence electrons. The van der Waals surface area contributed by atoms with E-state index in [2.05, 4.69) is 26.8 Å². The molecule has 0 radical (unpaired) electrons. The van der Waals surface area contributed by atoms with Crippen LogP contribution in [0.5, 0.6) is 0 Å². The normalized spacial score (nSPS) is 33.6. The van der Waals surface area contributed by atoms with Crippen molar-refractivity contribution in [2.75, 3.05) is 0 Å². The fourth-order valence-electron chi connectivity index (χ4n) is 5.01. The summed E-state index contributed by atoms with van der Waals surface area (Å²) < 4.78 is 0. The van der Waals surface area contributed by atoms with Gasteiger partial charge in [0, 0.05) is 0 Å². The van der Waals surface area contributed by atoms with Gasteiger partial charge in [0.05, 0.1) is 5.92 Å². The number of carbonyl (C=O) groups is 1.